The summed E-state index contributed by atoms with van der Waals surface area (Å²) in [6, 6.07) is 0. The van der Waals surface area contributed by atoms with Crippen LogP contribution in [0.25, 0.3) is 0 Å². The fourth-order valence-electron chi connectivity index (χ4n) is 1.78. The van der Waals surface area contributed by atoms with E-state index in [1.165, 1.54) is 0 Å². The molecule has 0 atom stereocenters. The van der Waals surface area contributed by atoms with Crippen molar-refractivity contribution in [1.29, 1.82) is 0 Å². The van der Waals surface area contributed by atoms with E-state index in [2.05, 4.69) is 15.4 Å². The van der Waals surface area contributed by atoms with Crippen molar-refractivity contribution in [1.82, 2.24) is 19.3 Å². The molecule has 0 spiro atoms. The molecule has 2 rings (SSSR count). The Kier molecular flexibility index (Phi) is 4.17. The number of aryl methyl sites for hydroxylation is 1. The van der Waals surface area contributed by atoms with Gasteiger partial charge >= 0.3 is 0 Å². The summed E-state index contributed by atoms with van der Waals surface area (Å²) in [5, 5.41) is 7.09. The van der Waals surface area contributed by atoms with E-state index in [9.17, 15) is 4.79 Å². The zero-order chi connectivity index (χ0) is 13.7. The Morgan fingerprint density at radius 2 is 2.26 bits per heavy atom. The first-order chi connectivity index (χ1) is 9.20. The van der Waals surface area contributed by atoms with Gasteiger partial charge in [0.1, 0.15) is 0 Å². The number of hydrogen-bond acceptors (Lipinski definition) is 5. The molecule has 0 aromatic carbocycles. The number of anilines is 2. The summed E-state index contributed by atoms with van der Waals surface area (Å²) >= 11 is 0. The van der Waals surface area contributed by atoms with Gasteiger partial charge in [-0.2, -0.15) is 5.10 Å². The Balaban J connectivity index is 1.96. The molecule has 7 heteroatoms. The normalized spacial score (nSPS) is 10.6. The Morgan fingerprint density at radius 1 is 1.42 bits per heavy atom. The minimum absolute atomic E-state index is 0.0932. The molecule has 0 amide bonds. The van der Waals surface area contributed by atoms with E-state index >= 15 is 0 Å². The van der Waals surface area contributed by atoms with Crippen LogP contribution < -0.4 is 16.6 Å². The number of nitrogen functional groups attached to an aromatic ring is 1. The van der Waals surface area contributed by atoms with E-state index in [-0.39, 0.29) is 5.56 Å². The molecule has 3 N–H and O–H groups in total. The average molecular weight is 262 g/mol. The second-order valence-electron chi connectivity index (χ2n) is 4.24. The van der Waals surface area contributed by atoms with Crippen molar-refractivity contribution in [3.63, 3.8) is 0 Å². The van der Waals surface area contributed by atoms with Crippen molar-refractivity contribution >= 4 is 11.5 Å². The highest BCUT2D eigenvalue weighted by molar-refractivity contribution is 5.31. The molecule has 7 nitrogen and oxygen atoms in total. The SMILES string of the molecule is CCCn1ccnc(NCCn2cc(N)cn2)c1=O. The van der Waals surface area contributed by atoms with E-state index in [4.69, 9.17) is 5.73 Å². The van der Waals surface area contributed by atoms with Gasteiger partial charge in [0.25, 0.3) is 5.56 Å². The lowest BCUT2D eigenvalue weighted by Crippen LogP contribution is -2.25. The molecule has 2 aromatic heterocycles. The molecule has 102 valence electrons. The molecular weight excluding hydrogens is 244 g/mol. The summed E-state index contributed by atoms with van der Waals surface area (Å²) < 4.78 is 3.37. The van der Waals surface area contributed by atoms with Crippen LogP contribution in [0.1, 0.15) is 13.3 Å². The zero-order valence-electron chi connectivity index (χ0n) is 10.9. The smallest absolute Gasteiger partial charge is 0.293 e. The molecule has 0 radical (unpaired) electrons. The minimum atomic E-state index is -0.0932. The third-order valence-electron chi connectivity index (χ3n) is 2.66. The van der Waals surface area contributed by atoms with Crippen molar-refractivity contribution < 1.29 is 0 Å². The number of hydrogen-bond donors (Lipinski definition) is 2. The lowest BCUT2D eigenvalue weighted by molar-refractivity contribution is 0.630. The monoisotopic (exact) mass is 262 g/mol. The van der Waals surface area contributed by atoms with Gasteiger partial charge in [-0.15, -0.1) is 0 Å². The highest BCUT2D eigenvalue weighted by Gasteiger charge is 2.03. The fourth-order valence-corrected chi connectivity index (χ4v) is 1.78. The number of aromatic nitrogens is 4. The van der Waals surface area contributed by atoms with Crippen LogP contribution in [0.15, 0.2) is 29.6 Å². The maximum atomic E-state index is 12.0. The predicted octanol–water partition coefficient (Wildman–Crippen LogP) is 0.544. The molecule has 19 heavy (non-hydrogen) atoms. The second-order valence-corrected chi connectivity index (χ2v) is 4.24. The van der Waals surface area contributed by atoms with Crippen LogP contribution in [0.3, 0.4) is 0 Å². The first kappa shape index (κ1) is 13.1. The number of nitrogens with one attached hydrogen (secondary N) is 1. The Bertz CT molecular complexity index is 588. The molecule has 2 aromatic rings. The molecule has 0 aliphatic rings. The van der Waals surface area contributed by atoms with Crippen molar-refractivity contribution in [3.05, 3.63) is 35.1 Å². The van der Waals surface area contributed by atoms with Crippen LogP contribution >= 0.6 is 0 Å². The number of rotatable bonds is 6. The van der Waals surface area contributed by atoms with Crippen LogP contribution in [-0.2, 0) is 13.1 Å². The van der Waals surface area contributed by atoms with E-state index in [0.717, 1.165) is 6.42 Å². The lowest BCUT2D eigenvalue weighted by Gasteiger charge is -2.08. The maximum absolute atomic E-state index is 12.0. The summed E-state index contributed by atoms with van der Waals surface area (Å²) in [7, 11) is 0. The predicted molar refractivity (Wildman–Crippen MR) is 73.9 cm³/mol. The summed E-state index contributed by atoms with van der Waals surface area (Å²) in [6.45, 7) is 3.92. The average Bonchev–Trinajstić information content (AvgIpc) is 2.80. The maximum Gasteiger partial charge on any atom is 0.293 e. The van der Waals surface area contributed by atoms with Gasteiger partial charge < -0.3 is 15.6 Å². The van der Waals surface area contributed by atoms with Gasteiger partial charge in [0, 0.05) is 31.7 Å². The topological polar surface area (TPSA) is 90.8 Å². The van der Waals surface area contributed by atoms with Gasteiger partial charge in [0.05, 0.1) is 18.4 Å². The summed E-state index contributed by atoms with van der Waals surface area (Å²) in [5.41, 5.74) is 6.10. The molecule has 0 aliphatic carbocycles. The zero-order valence-corrected chi connectivity index (χ0v) is 10.9. The van der Waals surface area contributed by atoms with Gasteiger partial charge in [-0.3, -0.25) is 9.48 Å². The van der Waals surface area contributed by atoms with Gasteiger partial charge in [0.2, 0.25) is 0 Å². The van der Waals surface area contributed by atoms with Crippen LogP contribution in [0.2, 0.25) is 0 Å². The van der Waals surface area contributed by atoms with E-state index in [1.54, 1.807) is 34.0 Å². The van der Waals surface area contributed by atoms with Crippen LogP contribution in [0.4, 0.5) is 11.5 Å². The molecule has 0 fully saturated rings. The third kappa shape index (κ3) is 3.34. The standard InChI is InChI=1S/C12H18N6O/c1-2-5-17-6-3-14-11(12(17)19)15-4-7-18-9-10(13)8-16-18/h3,6,8-9H,2,4-5,7,13H2,1H3,(H,14,15). The summed E-state index contributed by atoms with van der Waals surface area (Å²) in [4.78, 5) is 16.1. The van der Waals surface area contributed by atoms with Crippen LogP contribution in [0.5, 0.6) is 0 Å². The van der Waals surface area contributed by atoms with Crippen molar-refractivity contribution in [3.8, 4) is 0 Å². The molecule has 0 saturated carbocycles. The van der Waals surface area contributed by atoms with Crippen LogP contribution in [-0.4, -0.2) is 25.9 Å². The van der Waals surface area contributed by atoms with Crippen LogP contribution in [0, 0.1) is 0 Å². The molecule has 0 saturated heterocycles. The Labute approximate surface area is 111 Å². The van der Waals surface area contributed by atoms with Crippen molar-refractivity contribution in [2.45, 2.75) is 26.4 Å². The molecule has 0 unspecified atom stereocenters. The molecule has 0 bridgehead atoms. The third-order valence-corrected chi connectivity index (χ3v) is 2.66. The van der Waals surface area contributed by atoms with E-state index < -0.39 is 0 Å². The fraction of sp³-hybridized carbons (Fsp3) is 0.417. The van der Waals surface area contributed by atoms with E-state index in [0.29, 0.717) is 31.1 Å². The van der Waals surface area contributed by atoms with Crippen molar-refractivity contribution in [2.75, 3.05) is 17.6 Å². The lowest BCUT2D eigenvalue weighted by atomic mass is 10.4. The van der Waals surface area contributed by atoms with Gasteiger partial charge in [-0.25, -0.2) is 4.98 Å². The van der Waals surface area contributed by atoms with Gasteiger partial charge in [0.15, 0.2) is 5.82 Å². The largest absolute Gasteiger partial charge is 0.396 e. The Hall–Kier alpha value is -2.31. The minimum Gasteiger partial charge on any atom is -0.396 e. The summed E-state index contributed by atoms with van der Waals surface area (Å²) in [5.74, 6) is 0.371. The summed E-state index contributed by atoms with van der Waals surface area (Å²) in [6.07, 6.45) is 7.58. The second kappa shape index (κ2) is 6.03. The molecular formula is C12H18N6O. The number of nitrogens with zero attached hydrogens (tertiary/aromatic N) is 4. The van der Waals surface area contributed by atoms with Crippen molar-refractivity contribution in [2.24, 2.45) is 0 Å². The highest BCUT2D eigenvalue weighted by Crippen LogP contribution is 1.98. The first-order valence-electron chi connectivity index (χ1n) is 6.28. The molecule has 2 heterocycles. The van der Waals surface area contributed by atoms with E-state index in [1.807, 2.05) is 6.92 Å². The molecule has 0 aliphatic heterocycles. The first-order valence-corrected chi connectivity index (χ1v) is 6.28. The quantitative estimate of drug-likeness (QED) is 0.793. The highest BCUT2D eigenvalue weighted by atomic mass is 16.1. The van der Waals surface area contributed by atoms with Gasteiger partial charge in [-0.1, -0.05) is 6.92 Å². The van der Waals surface area contributed by atoms with Gasteiger partial charge in [-0.05, 0) is 6.42 Å². The Morgan fingerprint density at radius 3 is 2.95 bits per heavy atom. The number of nitrogens with two attached hydrogens (primary N) is 1.